The molecule has 1 saturated heterocycles. The van der Waals surface area contributed by atoms with Crippen LogP contribution in [0, 0.1) is 5.41 Å². The first-order valence-corrected chi connectivity index (χ1v) is 4.44. The Morgan fingerprint density at radius 3 is 2.33 bits per heavy atom. The second kappa shape index (κ2) is 2.66. The van der Waals surface area contributed by atoms with Gasteiger partial charge in [-0.1, -0.05) is 0 Å². The molecule has 3 heteroatoms. The van der Waals surface area contributed by atoms with Gasteiger partial charge in [0, 0.05) is 19.4 Å². The number of hydrogen-bond acceptors (Lipinski definition) is 3. The van der Waals surface area contributed by atoms with Crippen LogP contribution >= 0.6 is 0 Å². The normalized spacial score (nSPS) is 28.3. The third-order valence-corrected chi connectivity index (χ3v) is 2.87. The molecule has 0 atom stereocenters. The molecule has 1 saturated carbocycles. The van der Waals surface area contributed by atoms with Gasteiger partial charge in [0.25, 0.3) is 0 Å². The van der Waals surface area contributed by atoms with Crippen LogP contribution in [0.25, 0.3) is 0 Å². The second-order valence-electron chi connectivity index (χ2n) is 4.03. The Bertz CT molecular complexity index is 211. The quantitative estimate of drug-likeness (QED) is 0.527. The first-order chi connectivity index (χ1) is 5.70. The van der Waals surface area contributed by atoms with E-state index < -0.39 is 0 Å². The molecule has 12 heavy (non-hydrogen) atoms. The molecular formula is C9H13NO2. The molecule has 1 N–H and O–H groups in total. The van der Waals surface area contributed by atoms with Crippen molar-refractivity contribution in [3.05, 3.63) is 0 Å². The Morgan fingerprint density at radius 2 is 1.83 bits per heavy atom. The lowest BCUT2D eigenvalue weighted by Gasteiger charge is -2.30. The predicted octanol–water partition coefficient (Wildman–Crippen LogP) is 0.288. The molecule has 1 heterocycles. The Kier molecular flexibility index (Phi) is 1.76. The molecule has 0 aromatic rings. The van der Waals surface area contributed by atoms with Gasteiger partial charge in [-0.25, -0.2) is 0 Å². The molecule has 2 rings (SSSR count). The van der Waals surface area contributed by atoms with Crippen molar-refractivity contribution in [1.29, 1.82) is 0 Å². The number of nitrogens with one attached hydrogen (secondary N) is 1. The van der Waals surface area contributed by atoms with Gasteiger partial charge in [-0.2, -0.15) is 0 Å². The minimum absolute atomic E-state index is 0.00637. The van der Waals surface area contributed by atoms with E-state index in [2.05, 4.69) is 5.32 Å². The van der Waals surface area contributed by atoms with Crippen molar-refractivity contribution in [3.63, 3.8) is 0 Å². The van der Waals surface area contributed by atoms with Crippen molar-refractivity contribution in [2.75, 3.05) is 13.1 Å². The summed E-state index contributed by atoms with van der Waals surface area (Å²) in [5.41, 5.74) is 0.00637. The van der Waals surface area contributed by atoms with E-state index in [1.807, 2.05) is 0 Å². The van der Waals surface area contributed by atoms with Crippen LogP contribution in [0.5, 0.6) is 0 Å². The summed E-state index contributed by atoms with van der Waals surface area (Å²) in [5.74, 6) is 0.268. The lowest BCUT2D eigenvalue weighted by Crippen LogP contribution is -2.35. The Hall–Kier alpha value is -0.700. The SMILES string of the molecule is O=C1CC(=O)CC2(CCNC2)C1. The predicted molar refractivity (Wildman–Crippen MR) is 43.8 cm³/mol. The van der Waals surface area contributed by atoms with Crippen LogP contribution in [0.4, 0.5) is 0 Å². The molecule has 66 valence electrons. The van der Waals surface area contributed by atoms with Gasteiger partial charge in [-0.05, 0) is 18.4 Å². The Morgan fingerprint density at radius 1 is 1.17 bits per heavy atom. The van der Waals surface area contributed by atoms with Crippen molar-refractivity contribution < 1.29 is 9.59 Å². The molecule has 0 amide bonds. The van der Waals surface area contributed by atoms with Crippen LogP contribution in [-0.2, 0) is 9.59 Å². The highest BCUT2D eigenvalue weighted by molar-refractivity contribution is 6.02. The first-order valence-electron chi connectivity index (χ1n) is 4.44. The Labute approximate surface area is 71.5 Å². The van der Waals surface area contributed by atoms with Gasteiger partial charge < -0.3 is 5.32 Å². The average Bonchev–Trinajstić information content (AvgIpc) is 2.33. The molecular weight excluding hydrogens is 154 g/mol. The molecule has 2 aliphatic rings. The molecule has 1 aliphatic carbocycles. The van der Waals surface area contributed by atoms with Crippen molar-refractivity contribution >= 4 is 11.6 Å². The number of carbonyl (C=O) groups excluding carboxylic acids is 2. The van der Waals surface area contributed by atoms with E-state index in [0.29, 0.717) is 12.8 Å². The fraction of sp³-hybridized carbons (Fsp3) is 0.778. The molecule has 1 aliphatic heterocycles. The molecule has 0 aromatic carbocycles. The van der Waals surface area contributed by atoms with Crippen LogP contribution < -0.4 is 5.32 Å². The molecule has 0 aromatic heterocycles. The zero-order valence-corrected chi connectivity index (χ0v) is 7.06. The van der Waals surface area contributed by atoms with Gasteiger partial charge in [-0.3, -0.25) is 9.59 Å². The highest BCUT2D eigenvalue weighted by atomic mass is 16.1. The summed E-state index contributed by atoms with van der Waals surface area (Å²) >= 11 is 0. The van der Waals surface area contributed by atoms with E-state index >= 15 is 0 Å². The van der Waals surface area contributed by atoms with Crippen LogP contribution in [0.2, 0.25) is 0 Å². The smallest absolute Gasteiger partial charge is 0.140 e. The minimum atomic E-state index is 0.00637. The van der Waals surface area contributed by atoms with E-state index in [4.69, 9.17) is 0 Å². The number of rotatable bonds is 0. The number of hydrogen-bond donors (Lipinski definition) is 1. The maximum atomic E-state index is 11.2. The van der Waals surface area contributed by atoms with Crippen LogP contribution in [-0.4, -0.2) is 24.7 Å². The van der Waals surface area contributed by atoms with E-state index in [1.54, 1.807) is 0 Å². The first kappa shape index (κ1) is 7.92. The zero-order chi connectivity index (χ0) is 8.60. The summed E-state index contributed by atoms with van der Waals surface area (Å²) in [7, 11) is 0. The van der Waals surface area contributed by atoms with Crippen LogP contribution in [0.15, 0.2) is 0 Å². The Balaban J connectivity index is 2.14. The van der Waals surface area contributed by atoms with Crippen molar-refractivity contribution in [3.8, 4) is 0 Å². The molecule has 0 radical (unpaired) electrons. The summed E-state index contributed by atoms with van der Waals surface area (Å²) in [6, 6.07) is 0. The molecule has 0 unspecified atom stereocenters. The topological polar surface area (TPSA) is 46.2 Å². The third-order valence-electron chi connectivity index (χ3n) is 2.87. The molecule has 0 bridgehead atoms. The van der Waals surface area contributed by atoms with Crippen LogP contribution in [0.3, 0.4) is 0 Å². The summed E-state index contributed by atoms with van der Waals surface area (Å²) in [5, 5.41) is 3.22. The van der Waals surface area contributed by atoms with Gasteiger partial charge in [0.05, 0.1) is 6.42 Å². The largest absolute Gasteiger partial charge is 0.316 e. The van der Waals surface area contributed by atoms with E-state index in [-0.39, 0.29) is 23.4 Å². The number of Topliss-reactive ketones (excluding diaryl/α,β-unsaturated/α-hetero) is 2. The van der Waals surface area contributed by atoms with Gasteiger partial charge in [0.15, 0.2) is 0 Å². The van der Waals surface area contributed by atoms with Gasteiger partial charge >= 0.3 is 0 Å². The van der Waals surface area contributed by atoms with Crippen LogP contribution in [0.1, 0.15) is 25.7 Å². The van der Waals surface area contributed by atoms with E-state index in [1.165, 1.54) is 0 Å². The summed E-state index contributed by atoms with van der Waals surface area (Å²) in [4.78, 5) is 22.4. The molecule has 1 spiro atoms. The maximum absolute atomic E-state index is 11.2. The fourth-order valence-corrected chi connectivity index (χ4v) is 2.34. The molecule has 2 fully saturated rings. The summed E-state index contributed by atoms with van der Waals surface area (Å²) in [6.07, 6.45) is 2.41. The lowest BCUT2D eigenvalue weighted by atomic mass is 9.72. The zero-order valence-electron chi connectivity index (χ0n) is 7.06. The standard InChI is InChI=1S/C9H13NO2/c11-7-3-8(12)5-9(4-7)1-2-10-6-9/h10H,1-6H2. The molecule has 3 nitrogen and oxygen atoms in total. The minimum Gasteiger partial charge on any atom is -0.316 e. The monoisotopic (exact) mass is 167 g/mol. The summed E-state index contributed by atoms with van der Waals surface area (Å²) in [6.45, 7) is 1.81. The maximum Gasteiger partial charge on any atom is 0.140 e. The summed E-state index contributed by atoms with van der Waals surface area (Å²) < 4.78 is 0. The lowest BCUT2D eigenvalue weighted by molar-refractivity contribution is -0.133. The van der Waals surface area contributed by atoms with Gasteiger partial charge in [-0.15, -0.1) is 0 Å². The van der Waals surface area contributed by atoms with Gasteiger partial charge in [0.2, 0.25) is 0 Å². The van der Waals surface area contributed by atoms with E-state index in [9.17, 15) is 9.59 Å². The van der Waals surface area contributed by atoms with Gasteiger partial charge in [0.1, 0.15) is 11.6 Å². The highest BCUT2D eigenvalue weighted by Crippen LogP contribution is 2.37. The van der Waals surface area contributed by atoms with Crippen molar-refractivity contribution in [1.82, 2.24) is 5.32 Å². The number of ketones is 2. The average molecular weight is 167 g/mol. The fourth-order valence-electron chi connectivity index (χ4n) is 2.34. The highest BCUT2D eigenvalue weighted by Gasteiger charge is 2.41. The van der Waals surface area contributed by atoms with Crippen molar-refractivity contribution in [2.45, 2.75) is 25.7 Å². The van der Waals surface area contributed by atoms with E-state index in [0.717, 1.165) is 19.5 Å². The van der Waals surface area contributed by atoms with Crippen molar-refractivity contribution in [2.24, 2.45) is 5.41 Å². The third kappa shape index (κ3) is 1.29. The number of carbonyl (C=O) groups is 2. The second-order valence-corrected chi connectivity index (χ2v) is 4.03.